The molecule has 0 heterocycles. The molecular formula is C17H30FN3. The van der Waals surface area contributed by atoms with Crippen molar-refractivity contribution >= 4 is 0 Å². The number of hydrogen-bond acceptors (Lipinski definition) is 3. The van der Waals surface area contributed by atoms with Gasteiger partial charge in [0.05, 0.1) is 0 Å². The van der Waals surface area contributed by atoms with E-state index in [2.05, 4.69) is 30.6 Å². The molecule has 120 valence electrons. The lowest BCUT2D eigenvalue weighted by Crippen LogP contribution is -2.36. The van der Waals surface area contributed by atoms with Crippen LogP contribution in [0.15, 0.2) is 24.3 Å². The van der Waals surface area contributed by atoms with Gasteiger partial charge in [-0.1, -0.05) is 32.9 Å². The van der Waals surface area contributed by atoms with Crippen LogP contribution in [-0.2, 0) is 0 Å². The molecule has 0 spiro atoms. The molecule has 1 unspecified atom stereocenters. The zero-order valence-corrected chi connectivity index (χ0v) is 13.7. The Kier molecular flexibility index (Phi) is 8.50. The topological polar surface area (TPSA) is 32.5 Å². The quantitative estimate of drug-likeness (QED) is 0.720. The molecule has 1 atom stereocenters. The molecule has 0 aliphatic heterocycles. The van der Waals surface area contributed by atoms with Gasteiger partial charge in [-0.05, 0) is 50.3 Å². The summed E-state index contributed by atoms with van der Waals surface area (Å²) in [5.74, 6) is -0.190. The summed E-state index contributed by atoms with van der Waals surface area (Å²) in [6, 6.07) is 6.91. The number of halogens is 1. The summed E-state index contributed by atoms with van der Waals surface area (Å²) in [6.45, 7) is 12.2. The summed E-state index contributed by atoms with van der Waals surface area (Å²) in [6.07, 6.45) is 1.11. The smallest absolute Gasteiger partial charge is 0.123 e. The molecule has 0 aliphatic carbocycles. The monoisotopic (exact) mass is 295 g/mol. The third-order valence-electron chi connectivity index (χ3n) is 4.12. The van der Waals surface area contributed by atoms with Crippen LogP contribution in [0.1, 0.15) is 38.8 Å². The average Bonchev–Trinajstić information content (AvgIpc) is 2.50. The van der Waals surface area contributed by atoms with Crippen molar-refractivity contribution in [2.24, 2.45) is 5.73 Å². The van der Waals surface area contributed by atoms with Gasteiger partial charge in [-0.15, -0.1) is 0 Å². The normalized spacial score (nSPS) is 13.1. The molecule has 0 amide bonds. The Morgan fingerprint density at radius 3 is 2.33 bits per heavy atom. The van der Waals surface area contributed by atoms with Crippen LogP contribution in [-0.4, -0.2) is 49.1 Å². The zero-order chi connectivity index (χ0) is 15.7. The fourth-order valence-electron chi connectivity index (χ4n) is 2.78. The zero-order valence-electron chi connectivity index (χ0n) is 13.7. The van der Waals surface area contributed by atoms with Crippen LogP contribution in [0.25, 0.3) is 0 Å². The highest BCUT2D eigenvalue weighted by atomic mass is 19.1. The maximum atomic E-state index is 13.4. The van der Waals surface area contributed by atoms with Gasteiger partial charge in [0.1, 0.15) is 5.82 Å². The summed E-state index contributed by atoms with van der Waals surface area (Å²) in [5, 5.41) is 0. The van der Waals surface area contributed by atoms with Gasteiger partial charge in [0, 0.05) is 19.1 Å². The van der Waals surface area contributed by atoms with Crippen molar-refractivity contribution in [3.05, 3.63) is 35.6 Å². The van der Waals surface area contributed by atoms with Crippen molar-refractivity contribution in [2.75, 3.05) is 39.3 Å². The molecule has 1 rings (SSSR count). The summed E-state index contributed by atoms with van der Waals surface area (Å²) in [5.41, 5.74) is 6.91. The van der Waals surface area contributed by atoms with Crippen molar-refractivity contribution in [2.45, 2.75) is 33.2 Å². The summed E-state index contributed by atoms with van der Waals surface area (Å²) in [7, 11) is 0. The van der Waals surface area contributed by atoms with E-state index in [1.165, 1.54) is 6.07 Å². The lowest BCUT2D eigenvalue weighted by atomic mass is 10.0. The second kappa shape index (κ2) is 9.87. The third-order valence-corrected chi connectivity index (χ3v) is 4.12. The van der Waals surface area contributed by atoms with Crippen LogP contribution in [0.4, 0.5) is 4.39 Å². The summed E-state index contributed by atoms with van der Waals surface area (Å²) in [4.78, 5) is 4.77. The molecule has 1 aromatic rings. The maximum Gasteiger partial charge on any atom is 0.123 e. The predicted molar refractivity (Wildman–Crippen MR) is 87.8 cm³/mol. The Balaban J connectivity index is 2.63. The lowest BCUT2D eigenvalue weighted by Gasteiger charge is -2.31. The van der Waals surface area contributed by atoms with Crippen molar-refractivity contribution in [3.8, 4) is 0 Å². The van der Waals surface area contributed by atoms with Gasteiger partial charge in [0.25, 0.3) is 0 Å². The first-order valence-electron chi connectivity index (χ1n) is 8.08. The average molecular weight is 295 g/mol. The van der Waals surface area contributed by atoms with Crippen molar-refractivity contribution in [1.82, 2.24) is 9.80 Å². The number of nitrogens with zero attached hydrogens (tertiary/aromatic N) is 2. The molecule has 4 heteroatoms. The Hall–Kier alpha value is -0.970. The molecular weight excluding hydrogens is 265 g/mol. The number of hydrogen-bond donors (Lipinski definition) is 1. The summed E-state index contributed by atoms with van der Waals surface area (Å²) < 4.78 is 13.4. The molecule has 0 saturated heterocycles. The molecule has 0 aliphatic rings. The van der Waals surface area contributed by atoms with Crippen molar-refractivity contribution in [1.29, 1.82) is 0 Å². The van der Waals surface area contributed by atoms with E-state index in [9.17, 15) is 4.39 Å². The van der Waals surface area contributed by atoms with E-state index >= 15 is 0 Å². The van der Waals surface area contributed by atoms with Gasteiger partial charge in [-0.3, -0.25) is 4.90 Å². The Bertz CT molecular complexity index is 393. The van der Waals surface area contributed by atoms with Crippen molar-refractivity contribution in [3.63, 3.8) is 0 Å². The first kappa shape index (κ1) is 18.1. The van der Waals surface area contributed by atoms with Gasteiger partial charge in [-0.2, -0.15) is 0 Å². The second-order valence-corrected chi connectivity index (χ2v) is 5.32. The van der Waals surface area contributed by atoms with Crippen molar-refractivity contribution < 1.29 is 4.39 Å². The van der Waals surface area contributed by atoms with Crippen LogP contribution in [0.5, 0.6) is 0 Å². The van der Waals surface area contributed by atoms with Crippen LogP contribution >= 0.6 is 0 Å². The highest BCUT2D eigenvalue weighted by Gasteiger charge is 2.18. The van der Waals surface area contributed by atoms with Gasteiger partial charge < -0.3 is 10.6 Å². The fourth-order valence-corrected chi connectivity index (χ4v) is 2.78. The van der Waals surface area contributed by atoms with E-state index in [-0.39, 0.29) is 11.9 Å². The third kappa shape index (κ3) is 5.73. The molecule has 0 radical (unpaired) electrons. The molecule has 2 N–H and O–H groups in total. The SMILES string of the molecule is CCN(CC)CCCN(CC)C(CN)c1cccc(F)c1. The Labute approximate surface area is 128 Å². The van der Waals surface area contributed by atoms with E-state index in [1.54, 1.807) is 12.1 Å². The molecule has 0 saturated carbocycles. The van der Waals surface area contributed by atoms with Gasteiger partial charge >= 0.3 is 0 Å². The Morgan fingerprint density at radius 1 is 1.10 bits per heavy atom. The first-order valence-corrected chi connectivity index (χ1v) is 8.08. The van der Waals surface area contributed by atoms with E-state index < -0.39 is 0 Å². The maximum absolute atomic E-state index is 13.4. The van der Waals surface area contributed by atoms with Crippen LogP contribution in [0.3, 0.4) is 0 Å². The predicted octanol–water partition coefficient (Wildman–Crippen LogP) is 2.88. The van der Waals surface area contributed by atoms with E-state index in [0.29, 0.717) is 6.54 Å². The Morgan fingerprint density at radius 2 is 1.81 bits per heavy atom. The molecule has 1 aromatic carbocycles. The summed E-state index contributed by atoms with van der Waals surface area (Å²) >= 11 is 0. The van der Waals surface area contributed by atoms with E-state index in [0.717, 1.165) is 44.7 Å². The van der Waals surface area contributed by atoms with Crippen LogP contribution < -0.4 is 5.73 Å². The van der Waals surface area contributed by atoms with E-state index in [1.807, 2.05) is 6.07 Å². The highest BCUT2D eigenvalue weighted by molar-refractivity contribution is 5.20. The molecule has 0 fully saturated rings. The minimum atomic E-state index is -0.190. The lowest BCUT2D eigenvalue weighted by molar-refractivity contribution is 0.193. The van der Waals surface area contributed by atoms with E-state index in [4.69, 9.17) is 5.73 Å². The number of benzene rings is 1. The second-order valence-electron chi connectivity index (χ2n) is 5.32. The molecule has 0 bridgehead atoms. The first-order chi connectivity index (χ1) is 10.2. The van der Waals surface area contributed by atoms with Gasteiger partial charge in [0.2, 0.25) is 0 Å². The highest BCUT2D eigenvalue weighted by Crippen LogP contribution is 2.20. The standard InChI is InChI=1S/C17H30FN3/c1-4-20(5-2)11-8-12-21(6-3)17(14-19)15-9-7-10-16(18)13-15/h7,9-10,13,17H,4-6,8,11-12,14,19H2,1-3H3. The number of nitrogens with two attached hydrogens (primary N) is 1. The largest absolute Gasteiger partial charge is 0.329 e. The molecule has 0 aromatic heterocycles. The molecule has 3 nitrogen and oxygen atoms in total. The van der Waals surface area contributed by atoms with Crippen LogP contribution in [0, 0.1) is 5.82 Å². The fraction of sp³-hybridized carbons (Fsp3) is 0.647. The minimum absolute atomic E-state index is 0.0994. The van der Waals surface area contributed by atoms with Crippen LogP contribution in [0.2, 0.25) is 0 Å². The van der Waals surface area contributed by atoms with Gasteiger partial charge in [0.15, 0.2) is 0 Å². The van der Waals surface area contributed by atoms with Gasteiger partial charge in [-0.25, -0.2) is 4.39 Å². The number of rotatable bonds is 10. The molecule has 21 heavy (non-hydrogen) atoms. The minimum Gasteiger partial charge on any atom is -0.329 e. The number of likely N-dealkylation sites (N-methyl/N-ethyl adjacent to an activating group) is 1.